The van der Waals surface area contributed by atoms with E-state index in [2.05, 4.69) is 11.4 Å². The molecule has 1 aromatic rings. The second-order valence-electron chi connectivity index (χ2n) is 3.80. The van der Waals surface area contributed by atoms with Crippen molar-refractivity contribution in [1.29, 1.82) is 5.26 Å². The number of benzene rings is 1. The number of rotatable bonds is 6. The van der Waals surface area contributed by atoms with Crippen molar-refractivity contribution in [3.8, 4) is 6.07 Å². The van der Waals surface area contributed by atoms with Crippen LogP contribution < -0.4 is 11.1 Å². The molecule has 3 N–H and O–H groups in total. The zero-order valence-corrected chi connectivity index (χ0v) is 9.78. The van der Waals surface area contributed by atoms with Crippen LogP contribution in [0.3, 0.4) is 0 Å². The van der Waals surface area contributed by atoms with E-state index in [1.54, 1.807) is 0 Å². The highest BCUT2D eigenvalue weighted by Gasteiger charge is 2.01. The number of nitriles is 1. The molecule has 0 unspecified atom stereocenters. The van der Waals surface area contributed by atoms with Crippen LogP contribution in [-0.4, -0.2) is 12.5 Å². The topological polar surface area (TPSA) is 78.9 Å². The van der Waals surface area contributed by atoms with Crippen LogP contribution in [-0.2, 0) is 11.2 Å². The molecule has 0 saturated heterocycles. The summed E-state index contributed by atoms with van der Waals surface area (Å²) in [6.07, 6.45) is 2.42. The summed E-state index contributed by atoms with van der Waals surface area (Å²) in [5, 5.41) is 11.3. The van der Waals surface area contributed by atoms with Gasteiger partial charge in [0.1, 0.15) is 0 Å². The Morgan fingerprint density at radius 2 is 2.06 bits per heavy atom. The molecule has 4 heteroatoms. The van der Waals surface area contributed by atoms with Crippen molar-refractivity contribution in [1.82, 2.24) is 0 Å². The molecule has 0 radical (unpaired) electrons. The molecule has 4 nitrogen and oxygen atoms in total. The molecular formula is C13H17N3O. The van der Waals surface area contributed by atoms with E-state index in [1.165, 1.54) is 0 Å². The second-order valence-corrected chi connectivity index (χ2v) is 3.80. The van der Waals surface area contributed by atoms with Gasteiger partial charge in [0.15, 0.2) is 0 Å². The molecule has 17 heavy (non-hydrogen) atoms. The normalized spacial score (nSPS) is 9.65. The van der Waals surface area contributed by atoms with E-state index in [0.717, 1.165) is 17.7 Å². The molecule has 0 saturated carbocycles. The van der Waals surface area contributed by atoms with Gasteiger partial charge in [-0.25, -0.2) is 0 Å². The molecule has 0 bridgehead atoms. The van der Waals surface area contributed by atoms with Crippen LogP contribution in [0.1, 0.15) is 24.8 Å². The third-order valence-corrected chi connectivity index (χ3v) is 2.37. The lowest BCUT2D eigenvalue weighted by atomic mass is 10.1. The first-order valence-corrected chi connectivity index (χ1v) is 5.72. The van der Waals surface area contributed by atoms with Crippen molar-refractivity contribution in [3.05, 3.63) is 29.8 Å². The number of hydrogen-bond acceptors (Lipinski definition) is 3. The molecule has 0 atom stereocenters. The molecule has 0 fully saturated rings. The van der Waals surface area contributed by atoms with Gasteiger partial charge in [-0.2, -0.15) is 5.26 Å². The standard InChI is InChI=1S/C13H17N3O/c14-9-1-3-11-5-7-12(8-6-11)16-13(17)4-2-10-15/h5-8H,1-4,10,15H2,(H,16,17). The number of carbonyl (C=O) groups excluding carboxylic acids is 1. The SMILES string of the molecule is N#CCCc1ccc(NC(=O)CCCN)cc1. The summed E-state index contributed by atoms with van der Waals surface area (Å²) in [6.45, 7) is 0.528. The summed E-state index contributed by atoms with van der Waals surface area (Å²) < 4.78 is 0. The molecule has 90 valence electrons. The van der Waals surface area contributed by atoms with Crippen molar-refractivity contribution in [3.63, 3.8) is 0 Å². The number of nitrogens with zero attached hydrogens (tertiary/aromatic N) is 1. The summed E-state index contributed by atoms with van der Waals surface area (Å²) >= 11 is 0. The molecule has 0 aliphatic carbocycles. The Bertz CT molecular complexity index is 392. The van der Waals surface area contributed by atoms with E-state index in [4.69, 9.17) is 11.0 Å². The Kier molecular flexibility index (Phi) is 5.76. The number of amides is 1. The lowest BCUT2D eigenvalue weighted by Crippen LogP contribution is -2.13. The number of carbonyl (C=O) groups is 1. The summed E-state index contributed by atoms with van der Waals surface area (Å²) in [5.74, 6) is -0.0137. The molecular weight excluding hydrogens is 214 g/mol. The highest BCUT2D eigenvalue weighted by atomic mass is 16.1. The quantitative estimate of drug-likeness (QED) is 0.783. The van der Waals surface area contributed by atoms with Crippen molar-refractivity contribution in [2.45, 2.75) is 25.7 Å². The number of nitrogens with two attached hydrogens (primary N) is 1. The highest BCUT2D eigenvalue weighted by Crippen LogP contribution is 2.11. The summed E-state index contributed by atoms with van der Waals surface area (Å²) in [5.41, 5.74) is 7.22. The molecule has 1 rings (SSSR count). The first-order chi connectivity index (χ1) is 8.26. The fourth-order valence-corrected chi connectivity index (χ4v) is 1.44. The van der Waals surface area contributed by atoms with Crippen LogP contribution >= 0.6 is 0 Å². The molecule has 0 aromatic heterocycles. The van der Waals surface area contributed by atoms with Crippen LogP contribution in [0.25, 0.3) is 0 Å². The van der Waals surface area contributed by atoms with Gasteiger partial charge in [0.25, 0.3) is 0 Å². The predicted molar refractivity (Wildman–Crippen MR) is 67.3 cm³/mol. The van der Waals surface area contributed by atoms with Gasteiger partial charge in [0, 0.05) is 18.5 Å². The maximum atomic E-state index is 11.4. The predicted octanol–water partition coefficient (Wildman–Crippen LogP) is 1.82. The third kappa shape index (κ3) is 5.14. The molecule has 1 amide bonds. The van der Waals surface area contributed by atoms with E-state index < -0.39 is 0 Å². The van der Waals surface area contributed by atoms with Gasteiger partial charge in [-0.3, -0.25) is 4.79 Å². The highest BCUT2D eigenvalue weighted by molar-refractivity contribution is 5.90. The zero-order chi connectivity index (χ0) is 12.5. The molecule has 1 aromatic carbocycles. The fraction of sp³-hybridized carbons (Fsp3) is 0.385. The first-order valence-electron chi connectivity index (χ1n) is 5.72. The average Bonchev–Trinajstić information content (AvgIpc) is 2.35. The van der Waals surface area contributed by atoms with E-state index in [1.807, 2.05) is 24.3 Å². The van der Waals surface area contributed by atoms with Crippen molar-refractivity contribution < 1.29 is 4.79 Å². The van der Waals surface area contributed by atoms with Crippen LogP contribution in [0.15, 0.2) is 24.3 Å². The van der Waals surface area contributed by atoms with Crippen molar-refractivity contribution in [2.24, 2.45) is 5.73 Å². The minimum Gasteiger partial charge on any atom is -0.330 e. The van der Waals surface area contributed by atoms with Crippen LogP contribution in [0.2, 0.25) is 0 Å². The summed E-state index contributed by atoms with van der Waals surface area (Å²) in [7, 11) is 0. The number of aryl methyl sites for hydroxylation is 1. The molecule has 0 spiro atoms. The van der Waals surface area contributed by atoms with E-state index in [0.29, 0.717) is 25.8 Å². The smallest absolute Gasteiger partial charge is 0.224 e. The molecule has 0 aliphatic rings. The minimum absolute atomic E-state index is 0.0137. The van der Waals surface area contributed by atoms with Gasteiger partial charge in [-0.05, 0) is 37.1 Å². The van der Waals surface area contributed by atoms with Gasteiger partial charge in [-0.1, -0.05) is 12.1 Å². The number of nitrogens with one attached hydrogen (secondary N) is 1. The van der Waals surface area contributed by atoms with Gasteiger partial charge in [0.05, 0.1) is 6.07 Å². The van der Waals surface area contributed by atoms with Crippen LogP contribution in [0.5, 0.6) is 0 Å². The maximum absolute atomic E-state index is 11.4. The Balaban J connectivity index is 2.45. The van der Waals surface area contributed by atoms with Gasteiger partial charge in [0.2, 0.25) is 5.91 Å². The Morgan fingerprint density at radius 1 is 1.35 bits per heavy atom. The summed E-state index contributed by atoms with van der Waals surface area (Å²) in [4.78, 5) is 11.4. The van der Waals surface area contributed by atoms with Crippen molar-refractivity contribution >= 4 is 11.6 Å². The first kappa shape index (κ1) is 13.2. The maximum Gasteiger partial charge on any atom is 0.224 e. The van der Waals surface area contributed by atoms with E-state index >= 15 is 0 Å². The Labute approximate surface area is 101 Å². The average molecular weight is 231 g/mol. The number of hydrogen-bond donors (Lipinski definition) is 2. The largest absolute Gasteiger partial charge is 0.330 e. The molecule has 0 heterocycles. The van der Waals surface area contributed by atoms with Crippen LogP contribution in [0, 0.1) is 11.3 Å². The summed E-state index contributed by atoms with van der Waals surface area (Å²) in [6, 6.07) is 9.67. The fourth-order valence-electron chi connectivity index (χ4n) is 1.44. The molecule has 0 aliphatic heterocycles. The zero-order valence-electron chi connectivity index (χ0n) is 9.78. The van der Waals surface area contributed by atoms with E-state index in [-0.39, 0.29) is 5.91 Å². The third-order valence-electron chi connectivity index (χ3n) is 2.37. The van der Waals surface area contributed by atoms with Crippen molar-refractivity contribution in [2.75, 3.05) is 11.9 Å². The minimum atomic E-state index is -0.0137. The Morgan fingerprint density at radius 3 is 2.65 bits per heavy atom. The van der Waals surface area contributed by atoms with Gasteiger partial charge in [-0.15, -0.1) is 0 Å². The Hall–Kier alpha value is -1.86. The van der Waals surface area contributed by atoms with E-state index in [9.17, 15) is 4.79 Å². The van der Waals surface area contributed by atoms with Gasteiger partial charge >= 0.3 is 0 Å². The number of anilines is 1. The lowest BCUT2D eigenvalue weighted by molar-refractivity contribution is -0.116. The van der Waals surface area contributed by atoms with Crippen LogP contribution in [0.4, 0.5) is 5.69 Å². The monoisotopic (exact) mass is 231 g/mol. The second kappa shape index (κ2) is 7.42. The van der Waals surface area contributed by atoms with Gasteiger partial charge < -0.3 is 11.1 Å². The lowest BCUT2D eigenvalue weighted by Gasteiger charge is -2.05.